The summed E-state index contributed by atoms with van der Waals surface area (Å²) in [4.78, 5) is 0. The Labute approximate surface area is 115 Å². The third-order valence-electron chi connectivity index (χ3n) is 4.42. The lowest BCUT2D eigenvalue weighted by molar-refractivity contribution is 0.190. The third kappa shape index (κ3) is 2.51. The Balaban J connectivity index is 2.56. The molecule has 1 atom stereocenters. The molecule has 0 amide bonds. The Kier molecular flexibility index (Phi) is 3.66. The maximum atomic E-state index is 9.38. The Morgan fingerprint density at radius 3 is 2.21 bits per heavy atom. The first kappa shape index (κ1) is 14.0. The Hall–Kier alpha value is -1.38. The van der Waals surface area contributed by atoms with Gasteiger partial charge in [-0.1, -0.05) is 49.4 Å². The molecule has 0 saturated carbocycles. The van der Waals surface area contributed by atoms with Crippen molar-refractivity contribution in [3.63, 3.8) is 0 Å². The molecule has 0 aliphatic rings. The van der Waals surface area contributed by atoms with Crippen molar-refractivity contribution in [1.29, 1.82) is 0 Å². The van der Waals surface area contributed by atoms with Crippen molar-refractivity contribution in [1.82, 2.24) is 0 Å². The van der Waals surface area contributed by atoms with Gasteiger partial charge in [-0.15, -0.1) is 0 Å². The summed E-state index contributed by atoms with van der Waals surface area (Å²) in [6.45, 7) is 6.33. The van der Waals surface area contributed by atoms with Gasteiger partial charge in [0.25, 0.3) is 0 Å². The van der Waals surface area contributed by atoms with Gasteiger partial charge in [-0.25, -0.2) is 0 Å². The van der Waals surface area contributed by atoms with Gasteiger partial charge in [0.15, 0.2) is 0 Å². The van der Waals surface area contributed by atoms with Gasteiger partial charge in [-0.2, -0.15) is 0 Å². The highest BCUT2D eigenvalue weighted by Crippen LogP contribution is 2.37. The minimum atomic E-state index is -0.391. The number of benzene rings is 2. The van der Waals surface area contributed by atoms with E-state index in [4.69, 9.17) is 5.73 Å². The van der Waals surface area contributed by atoms with Gasteiger partial charge in [-0.3, -0.25) is 0 Å². The average molecular weight is 257 g/mol. The van der Waals surface area contributed by atoms with Crippen molar-refractivity contribution < 1.29 is 5.11 Å². The second-order valence-corrected chi connectivity index (χ2v) is 6.09. The van der Waals surface area contributed by atoms with Crippen LogP contribution < -0.4 is 5.73 Å². The van der Waals surface area contributed by atoms with Crippen molar-refractivity contribution in [2.24, 2.45) is 5.73 Å². The predicted molar refractivity (Wildman–Crippen MR) is 81.3 cm³/mol. The normalized spacial score (nSPS) is 15.4. The van der Waals surface area contributed by atoms with E-state index in [9.17, 15) is 5.11 Å². The van der Waals surface area contributed by atoms with Crippen LogP contribution in [0.3, 0.4) is 0 Å². The summed E-state index contributed by atoms with van der Waals surface area (Å²) in [7, 11) is 0. The maximum Gasteiger partial charge on any atom is 0.0440 e. The predicted octanol–water partition coefficient (Wildman–Crippen LogP) is 3.22. The van der Waals surface area contributed by atoms with E-state index in [1.165, 1.54) is 16.3 Å². The van der Waals surface area contributed by atoms with Crippen LogP contribution >= 0.6 is 0 Å². The van der Waals surface area contributed by atoms with Gasteiger partial charge in [0.1, 0.15) is 0 Å². The smallest absolute Gasteiger partial charge is 0.0440 e. The number of hydrogen-bond donors (Lipinski definition) is 2. The molecule has 1 unspecified atom stereocenters. The molecule has 0 fully saturated rings. The Morgan fingerprint density at radius 2 is 1.63 bits per heavy atom. The molecular weight excluding hydrogens is 234 g/mol. The van der Waals surface area contributed by atoms with Gasteiger partial charge in [0, 0.05) is 17.6 Å². The fourth-order valence-electron chi connectivity index (χ4n) is 2.59. The SMILES string of the molecule is CC(C)(N)C(C)(CCO)c1ccc2ccccc2c1. The first-order valence-electron chi connectivity index (χ1n) is 6.77. The molecule has 0 spiro atoms. The Morgan fingerprint density at radius 1 is 1.00 bits per heavy atom. The molecular formula is C17H23NO. The maximum absolute atomic E-state index is 9.38. The van der Waals surface area contributed by atoms with Crippen LogP contribution in [0.25, 0.3) is 10.8 Å². The number of rotatable bonds is 4. The molecule has 2 aromatic carbocycles. The zero-order valence-electron chi connectivity index (χ0n) is 12.0. The Bertz CT molecular complexity index is 571. The first-order valence-corrected chi connectivity index (χ1v) is 6.77. The van der Waals surface area contributed by atoms with Crippen LogP contribution in [0, 0.1) is 0 Å². The van der Waals surface area contributed by atoms with Crippen LogP contribution in [0.15, 0.2) is 42.5 Å². The molecule has 0 aliphatic carbocycles. The summed E-state index contributed by atoms with van der Waals surface area (Å²) in [5.74, 6) is 0. The number of aliphatic hydroxyl groups excluding tert-OH is 1. The average Bonchev–Trinajstić information content (AvgIpc) is 2.37. The van der Waals surface area contributed by atoms with Gasteiger partial charge in [-0.05, 0) is 36.6 Å². The monoisotopic (exact) mass is 257 g/mol. The first-order chi connectivity index (χ1) is 8.88. The van der Waals surface area contributed by atoms with Crippen LogP contribution in [0.5, 0.6) is 0 Å². The topological polar surface area (TPSA) is 46.2 Å². The van der Waals surface area contributed by atoms with E-state index >= 15 is 0 Å². The third-order valence-corrected chi connectivity index (χ3v) is 4.42. The van der Waals surface area contributed by atoms with E-state index < -0.39 is 5.54 Å². The van der Waals surface area contributed by atoms with Gasteiger partial charge >= 0.3 is 0 Å². The summed E-state index contributed by atoms with van der Waals surface area (Å²) >= 11 is 0. The highest BCUT2D eigenvalue weighted by atomic mass is 16.3. The lowest BCUT2D eigenvalue weighted by Crippen LogP contribution is -2.52. The largest absolute Gasteiger partial charge is 0.396 e. The van der Waals surface area contributed by atoms with Gasteiger partial charge < -0.3 is 10.8 Å². The molecule has 102 valence electrons. The molecule has 0 aromatic heterocycles. The van der Waals surface area contributed by atoms with Gasteiger partial charge in [0.05, 0.1) is 0 Å². The molecule has 0 heterocycles. The van der Waals surface area contributed by atoms with Crippen molar-refractivity contribution in [3.05, 3.63) is 48.0 Å². The lowest BCUT2D eigenvalue weighted by Gasteiger charge is -2.42. The van der Waals surface area contributed by atoms with Crippen LogP contribution in [-0.2, 0) is 5.41 Å². The number of aliphatic hydroxyl groups is 1. The number of fused-ring (bicyclic) bond motifs is 1. The molecule has 2 aromatic rings. The molecule has 2 heteroatoms. The van der Waals surface area contributed by atoms with Gasteiger partial charge in [0.2, 0.25) is 0 Å². The molecule has 0 saturated heterocycles. The lowest BCUT2D eigenvalue weighted by atomic mass is 9.66. The summed E-state index contributed by atoms with van der Waals surface area (Å²) in [6, 6.07) is 14.8. The molecule has 2 rings (SSSR count). The summed E-state index contributed by atoms with van der Waals surface area (Å²) in [6.07, 6.45) is 0.662. The number of hydrogen-bond acceptors (Lipinski definition) is 2. The quantitative estimate of drug-likeness (QED) is 0.883. The van der Waals surface area contributed by atoms with E-state index in [1.807, 2.05) is 26.0 Å². The zero-order chi connectivity index (χ0) is 14.1. The van der Waals surface area contributed by atoms with Crippen molar-refractivity contribution in [3.8, 4) is 0 Å². The summed E-state index contributed by atoms with van der Waals surface area (Å²) < 4.78 is 0. The van der Waals surface area contributed by atoms with Crippen LogP contribution in [0.1, 0.15) is 32.8 Å². The van der Waals surface area contributed by atoms with E-state index in [1.54, 1.807) is 0 Å². The molecule has 0 radical (unpaired) electrons. The van der Waals surface area contributed by atoms with E-state index in [-0.39, 0.29) is 12.0 Å². The highest BCUT2D eigenvalue weighted by molar-refractivity contribution is 5.83. The molecule has 19 heavy (non-hydrogen) atoms. The van der Waals surface area contributed by atoms with E-state index in [0.29, 0.717) is 6.42 Å². The standard InChI is InChI=1S/C17H23NO/c1-16(2,18)17(3,10-11-19)15-9-8-13-6-4-5-7-14(13)12-15/h4-9,12,19H,10-11,18H2,1-3H3. The molecule has 2 nitrogen and oxygen atoms in total. The minimum absolute atomic E-state index is 0.143. The molecule has 0 bridgehead atoms. The fraction of sp³-hybridized carbons (Fsp3) is 0.412. The van der Waals surface area contributed by atoms with E-state index in [2.05, 4.69) is 37.3 Å². The zero-order valence-corrected chi connectivity index (χ0v) is 12.0. The van der Waals surface area contributed by atoms with E-state index in [0.717, 1.165) is 0 Å². The van der Waals surface area contributed by atoms with Crippen molar-refractivity contribution in [2.75, 3.05) is 6.61 Å². The second kappa shape index (κ2) is 4.95. The van der Waals surface area contributed by atoms with Crippen LogP contribution in [0.4, 0.5) is 0 Å². The second-order valence-electron chi connectivity index (χ2n) is 6.09. The van der Waals surface area contributed by atoms with Crippen LogP contribution in [-0.4, -0.2) is 17.3 Å². The summed E-state index contributed by atoms with van der Waals surface area (Å²) in [5, 5.41) is 11.8. The van der Waals surface area contributed by atoms with Crippen LogP contribution in [0.2, 0.25) is 0 Å². The summed E-state index contributed by atoms with van der Waals surface area (Å²) in [5.41, 5.74) is 6.92. The molecule has 3 N–H and O–H groups in total. The fourth-order valence-corrected chi connectivity index (χ4v) is 2.59. The van der Waals surface area contributed by atoms with Crippen molar-refractivity contribution >= 4 is 10.8 Å². The molecule has 0 aliphatic heterocycles. The van der Waals surface area contributed by atoms with Crippen molar-refractivity contribution in [2.45, 2.75) is 38.1 Å². The number of nitrogens with two attached hydrogens (primary N) is 1. The minimum Gasteiger partial charge on any atom is -0.396 e. The highest BCUT2D eigenvalue weighted by Gasteiger charge is 2.39.